The van der Waals surface area contributed by atoms with Crippen LogP contribution in [-0.4, -0.2) is 24.6 Å². The first kappa shape index (κ1) is 16.4. The number of nitrogens with zero attached hydrogens (tertiary/aromatic N) is 1. The number of aromatic nitrogens is 1. The molecule has 0 amide bonds. The molecule has 0 radical (unpaired) electrons. The molecule has 0 saturated heterocycles. The Bertz CT molecular complexity index is 799. The number of rotatable bonds is 7. The normalized spacial score (nSPS) is 12.3. The van der Waals surface area contributed by atoms with E-state index in [9.17, 15) is 0 Å². The molecular weight excluding hydrogens is 302 g/mol. The van der Waals surface area contributed by atoms with Gasteiger partial charge in [-0.15, -0.1) is 0 Å². The van der Waals surface area contributed by atoms with E-state index in [1.807, 2.05) is 54.7 Å². The maximum atomic E-state index is 6.18. The van der Waals surface area contributed by atoms with Crippen LogP contribution in [-0.2, 0) is 12.8 Å². The molecule has 1 heterocycles. The van der Waals surface area contributed by atoms with Gasteiger partial charge in [-0.2, -0.15) is 4.73 Å². The Morgan fingerprint density at radius 3 is 2.62 bits per heavy atom. The van der Waals surface area contributed by atoms with Crippen LogP contribution in [0.4, 0.5) is 0 Å². The Kier molecular flexibility index (Phi) is 5.03. The van der Waals surface area contributed by atoms with E-state index in [1.165, 1.54) is 0 Å². The highest BCUT2D eigenvalue weighted by molar-refractivity contribution is 5.85. The molecule has 0 fully saturated rings. The zero-order valence-electron chi connectivity index (χ0n) is 13.8. The van der Waals surface area contributed by atoms with Gasteiger partial charge in [-0.25, -0.2) is 0 Å². The van der Waals surface area contributed by atoms with Crippen molar-refractivity contribution < 1.29 is 9.57 Å². The lowest BCUT2D eigenvalue weighted by molar-refractivity contribution is 0.0491. The second-order valence-electron chi connectivity index (χ2n) is 5.74. The van der Waals surface area contributed by atoms with E-state index in [0.717, 1.165) is 34.2 Å². The fourth-order valence-corrected chi connectivity index (χ4v) is 2.84. The van der Waals surface area contributed by atoms with Crippen LogP contribution < -0.4 is 21.0 Å². The summed E-state index contributed by atoms with van der Waals surface area (Å²) in [5.74, 6) is 0.779. The minimum Gasteiger partial charge on any atom is -0.497 e. The number of hydrogen-bond donors (Lipinski definition) is 2. The van der Waals surface area contributed by atoms with Gasteiger partial charge in [0.05, 0.1) is 12.6 Å². The number of ether oxygens (including phenoxy) is 1. The molecule has 0 spiro atoms. The van der Waals surface area contributed by atoms with Gasteiger partial charge in [-0.3, -0.25) is 5.73 Å². The molecule has 1 unspecified atom stereocenters. The predicted octanol–water partition coefficient (Wildman–Crippen LogP) is 2.11. The van der Waals surface area contributed by atoms with Gasteiger partial charge in [0.1, 0.15) is 5.75 Å². The van der Waals surface area contributed by atoms with Crippen molar-refractivity contribution in [1.29, 1.82) is 0 Å². The summed E-state index contributed by atoms with van der Waals surface area (Å²) < 4.78 is 7.05. The SMILES string of the molecule is COc1ccc2c(CCN)cn(OC(N)Cc3ccccc3)c2c1. The topological polar surface area (TPSA) is 75.4 Å². The lowest BCUT2D eigenvalue weighted by atomic mass is 10.1. The Morgan fingerprint density at radius 1 is 1.12 bits per heavy atom. The van der Waals surface area contributed by atoms with E-state index in [2.05, 4.69) is 0 Å². The summed E-state index contributed by atoms with van der Waals surface area (Å²) in [5, 5.41) is 1.10. The quantitative estimate of drug-likeness (QED) is 0.652. The van der Waals surface area contributed by atoms with Crippen molar-refractivity contribution in [2.24, 2.45) is 11.5 Å². The van der Waals surface area contributed by atoms with Gasteiger partial charge in [0.15, 0.2) is 6.23 Å². The maximum absolute atomic E-state index is 6.18. The van der Waals surface area contributed by atoms with E-state index < -0.39 is 6.23 Å². The summed E-state index contributed by atoms with van der Waals surface area (Å²) in [7, 11) is 1.65. The summed E-state index contributed by atoms with van der Waals surface area (Å²) in [6.45, 7) is 0.585. The van der Waals surface area contributed by atoms with E-state index in [4.69, 9.17) is 21.0 Å². The lowest BCUT2D eigenvalue weighted by Crippen LogP contribution is -2.35. The minimum atomic E-state index is -0.445. The smallest absolute Gasteiger partial charge is 0.178 e. The number of nitrogens with two attached hydrogens (primary N) is 2. The number of hydrogen-bond acceptors (Lipinski definition) is 4. The van der Waals surface area contributed by atoms with Crippen LogP contribution in [0.2, 0.25) is 0 Å². The van der Waals surface area contributed by atoms with Gasteiger partial charge >= 0.3 is 0 Å². The van der Waals surface area contributed by atoms with Crippen LogP contribution in [0.15, 0.2) is 54.7 Å². The highest BCUT2D eigenvalue weighted by atomic mass is 16.7. The minimum absolute atomic E-state index is 0.445. The molecule has 3 aromatic rings. The van der Waals surface area contributed by atoms with Gasteiger partial charge in [-0.05, 0) is 36.2 Å². The Morgan fingerprint density at radius 2 is 1.92 bits per heavy atom. The molecule has 1 aromatic heterocycles. The van der Waals surface area contributed by atoms with Crippen molar-refractivity contribution in [3.63, 3.8) is 0 Å². The summed E-state index contributed by atoms with van der Waals surface area (Å²) in [5.41, 5.74) is 15.1. The third kappa shape index (κ3) is 3.53. The predicted molar refractivity (Wildman–Crippen MR) is 95.9 cm³/mol. The van der Waals surface area contributed by atoms with Crippen LogP contribution in [0.25, 0.3) is 10.9 Å². The average Bonchev–Trinajstić information content (AvgIpc) is 2.93. The monoisotopic (exact) mass is 325 g/mol. The Hall–Kier alpha value is -2.50. The molecule has 24 heavy (non-hydrogen) atoms. The Labute approximate surface area is 141 Å². The molecule has 0 aliphatic heterocycles. The molecule has 5 heteroatoms. The fraction of sp³-hybridized carbons (Fsp3) is 0.263. The van der Waals surface area contributed by atoms with E-state index >= 15 is 0 Å². The Balaban J connectivity index is 1.87. The van der Waals surface area contributed by atoms with Crippen LogP contribution in [0, 0.1) is 0 Å². The van der Waals surface area contributed by atoms with Gasteiger partial charge in [0.25, 0.3) is 0 Å². The largest absolute Gasteiger partial charge is 0.497 e. The summed E-state index contributed by atoms with van der Waals surface area (Å²) >= 11 is 0. The zero-order valence-corrected chi connectivity index (χ0v) is 13.8. The molecule has 2 aromatic carbocycles. The van der Waals surface area contributed by atoms with Gasteiger partial charge in [0, 0.05) is 24.1 Å². The lowest BCUT2D eigenvalue weighted by Gasteiger charge is -2.16. The third-order valence-electron chi connectivity index (χ3n) is 4.00. The molecule has 4 N–H and O–H groups in total. The van der Waals surface area contributed by atoms with E-state index in [0.29, 0.717) is 13.0 Å². The van der Waals surface area contributed by atoms with E-state index in [-0.39, 0.29) is 0 Å². The zero-order chi connectivity index (χ0) is 16.9. The van der Waals surface area contributed by atoms with Crippen LogP contribution >= 0.6 is 0 Å². The molecule has 5 nitrogen and oxygen atoms in total. The second-order valence-corrected chi connectivity index (χ2v) is 5.74. The second kappa shape index (κ2) is 7.38. The van der Waals surface area contributed by atoms with Crippen molar-refractivity contribution in [3.05, 3.63) is 65.9 Å². The molecule has 0 aliphatic carbocycles. The first-order chi connectivity index (χ1) is 11.7. The van der Waals surface area contributed by atoms with Gasteiger partial charge in [0.2, 0.25) is 0 Å². The van der Waals surface area contributed by atoms with Crippen molar-refractivity contribution in [1.82, 2.24) is 4.73 Å². The van der Waals surface area contributed by atoms with Crippen molar-refractivity contribution in [3.8, 4) is 5.75 Å². The first-order valence-electron chi connectivity index (χ1n) is 8.06. The van der Waals surface area contributed by atoms with Crippen LogP contribution in [0.3, 0.4) is 0 Å². The standard InChI is InChI=1S/C19H23N3O2/c1-23-16-7-8-17-15(9-10-20)13-22(18(17)12-16)24-19(21)11-14-5-3-2-4-6-14/h2-8,12-13,19H,9-11,20-21H2,1H3. The third-order valence-corrected chi connectivity index (χ3v) is 4.00. The maximum Gasteiger partial charge on any atom is 0.178 e. The highest BCUT2D eigenvalue weighted by Crippen LogP contribution is 2.25. The number of benzene rings is 2. The van der Waals surface area contributed by atoms with E-state index in [1.54, 1.807) is 11.8 Å². The summed E-state index contributed by atoms with van der Waals surface area (Å²) in [6.07, 6.45) is 2.94. The summed E-state index contributed by atoms with van der Waals surface area (Å²) in [6, 6.07) is 16.0. The first-order valence-corrected chi connectivity index (χ1v) is 8.06. The molecule has 0 bridgehead atoms. The van der Waals surface area contributed by atoms with Gasteiger partial charge in [-0.1, -0.05) is 30.3 Å². The van der Waals surface area contributed by atoms with Crippen molar-refractivity contribution in [2.75, 3.05) is 13.7 Å². The molecule has 0 saturated carbocycles. The summed E-state index contributed by atoms with van der Waals surface area (Å²) in [4.78, 5) is 5.96. The van der Waals surface area contributed by atoms with Crippen molar-refractivity contribution >= 4 is 10.9 Å². The van der Waals surface area contributed by atoms with Crippen LogP contribution in [0.5, 0.6) is 5.75 Å². The molecule has 126 valence electrons. The average molecular weight is 325 g/mol. The molecular formula is C19H23N3O2. The number of methoxy groups -OCH3 is 1. The van der Waals surface area contributed by atoms with Gasteiger partial charge < -0.3 is 15.3 Å². The molecule has 0 aliphatic rings. The fourth-order valence-electron chi connectivity index (χ4n) is 2.84. The molecule has 3 rings (SSSR count). The van der Waals surface area contributed by atoms with Crippen molar-refractivity contribution in [2.45, 2.75) is 19.1 Å². The number of fused-ring (bicyclic) bond motifs is 1. The molecule has 1 atom stereocenters. The highest BCUT2D eigenvalue weighted by Gasteiger charge is 2.13. The van der Waals surface area contributed by atoms with Crippen LogP contribution in [0.1, 0.15) is 11.1 Å².